The number of isocyanates is 1. The van der Waals surface area contributed by atoms with Gasteiger partial charge >= 0.3 is 0 Å². The third-order valence-electron chi connectivity index (χ3n) is 1.12. The number of nitrogens with zero attached hydrogens (tertiary/aromatic N) is 2. The summed E-state index contributed by atoms with van der Waals surface area (Å²) in [7, 11) is 0. The molecule has 0 bridgehead atoms. The second-order valence-corrected chi connectivity index (χ2v) is 2.82. The van der Waals surface area contributed by atoms with Gasteiger partial charge in [0.2, 0.25) is 6.08 Å². The smallest absolute Gasteiger partial charge is 0.240 e. The standard InChI is InChI=1S/C6H4Cl2N2O/c7-5-1-4(9-3-11)2-6(8)10-5/h1,6H,2H2. The monoisotopic (exact) mass is 190 g/mol. The van der Waals surface area contributed by atoms with Gasteiger partial charge in [0.1, 0.15) is 10.7 Å². The van der Waals surface area contributed by atoms with E-state index < -0.39 is 5.50 Å². The van der Waals surface area contributed by atoms with Crippen LogP contribution >= 0.6 is 23.2 Å². The number of carbonyl (C=O) groups excluding carboxylic acids is 1. The maximum Gasteiger partial charge on any atom is 0.240 e. The SMILES string of the molecule is O=C=NC1=CC(Cl)=NC(Cl)C1. The van der Waals surface area contributed by atoms with Gasteiger partial charge in [-0.3, -0.25) is 4.99 Å². The van der Waals surface area contributed by atoms with Crippen LogP contribution in [0.5, 0.6) is 0 Å². The Bertz CT molecular complexity index is 266. The quantitative estimate of drug-likeness (QED) is 0.269. The van der Waals surface area contributed by atoms with Gasteiger partial charge in [0, 0.05) is 6.42 Å². The van der Waals surface area contributed by atoms with E-state index in [1.54, 1.807) is 0 Å². The lowest BCUT2D eigenvalue weighted by Crippen LogP contribution is -2.04. The van der Waals surface area contributed by atoms with Crippen LogP contribution in [0.2, 0.25) is 0 Å². The van der Waals surface area contributed by atoms with E-state index in [4.69, 9.17) is 23.2 Å². The minimum Gasteiger partial charge on any atom is -0.253 e. The van der Waals surface area contributed by atoms with Crippen molar-refractivity contribution < 1.29 is 4.79 Å². The molecule has 1 atom stereocenters. The summed E-state index contributed by atoms with van der Waals surface area (Å²) in [4.78, 5) is 17.0. The summed E-state index contributed by atoms with van der Waals surface area (Å²) in [6, 6.07) is 0. The highest BCUT2D eigenvalue weighted by Gasteiger charge is 2.12. The van der Waals surface area contributed by atoms with Crippen LogP contribution in [-0.2, 0) is 4.79 Å². The first-order valence-corrected chi connectivity index (χ1v) is 3.69. The molecule has 0 saturated carbocycles. The summed E-state index contributed by atoms with van der Waals surface area (Å²) in [5.41, 5.74) is 0.0969. The van der Waals surface area contributed by atoms with E-state index in [1.807, 2.05) is 0 Å². The Kier molecular flexibility index (Phi) is 2.83. The Morgan fingerprint density at radius 2 is 2.55 bits per heavy atom. The Labute approximate surface area is 73.4 Å². The fraction of sp³-hybridized carbons (Fsp3) is 0.333. The summed E-state index contributed by atoms with van der Waals surface area (Å²) < 4.78 is 0. The van der Waals surface area contributed by atoms with Gasteiger partial charge in [-0.2, -0.15) is 4.99 Å². The van der Waals surface area contributed by atoms with Crippen molar-refractivity contribution in [2.45, 2.75) is 11.9 Å². The van der Waals surface area contributed by atoms with Crippen molar-refractivity contribution in [2.24, 2.45) is 9.98 Å². The highest BCUT2D eigenvalue weighted by molar-refractivity contribution is 6.68. The molecule has 3 nitrogen and oxygen atoms in total. The van der Waals surface area contributed by atoms with Crippen LogP contribution in [0.1, 0.15) is 6.42 Å². The number of hydrogen-bond donors (Lipinski definition) is 0. The van der Waals surface area contributed by atoms with Gasteiger partial charge in [-0.05, 0) is 6.08 Å². The van der Waals surface area contributed by atoms with Gasteiger partial charge in [0.25, 0.3) is 0 Å². The minimum atomic E-state index is -0.417. The van der Waals surface area contributed by atoms with E-state index in [1.165, 1.54) is 12.2 Å². The van der Waals surface area contributed by atoms with Crippen molar-refractivity contribution in [2.75, 3.05) is 0 Å². The highest BCUT2D eigenvalue weighted by Crippen LogP contribution is 2.19. The zero-order valence-electron chi connectivity index (χ0n) is 5.42. The molecule has 0 aromatic heterocycles. The summed E-state index contributed by atoms with van der Waals surface area (Å²) in [6.07, 6.45) is 3.33. The van der Waals surface area contributed by atoms with Crippen LogP contribution in [0.25, 0.3) is 0 Å². The number of rotatable bonds is 1. The number of aliphatic imine (C=N–C) groups is 2. The lowest BCUT2D eigenvalue weighted by atomic mass is 10.2. The lowest BCUT2D eigenvalue weighted by Gasteiger charge is -2.08. The molecular formula is C6H4Cl2N2O. The van der Waals surface area contributed by atoms with Gasteiger partial charge in [-0.15, -0.1) is 0 Å². The Hall–Kier alpha value is -0.630. The number of hydrogen-bond acceptors (Lipinski definition) is 3. The van der Waals surface area contributed by atoms with E-state index in [9.17, 15) is 4.79 Å². The van der Waals surface area contributed by atoms with Crippen LogP contribution in [0, 0.1) is 0 Å². The molecule has 1 aliphatic rings. The molecule has 1 heterocycles. The molecule has 0 saturated heterocycles. The molecule has 58 valence electrons. The zero-order valence-corrected chi connectivity index (χ0v) is 6.93. The van der Waals surface area contributed by atoms with Gasteiger partial charge in [0.15, 0.2) is 0 Å². The lowest BCUT2D eigenvalue weighted by molar-refractivity contribution is 0.564. The predicted molar refractivity (Wildman–Crippen MR) is 43.8 cm³/mol. The molecule has 1 unspecified atom stereocenters. The molecule has 0 aromatic rings. The van der Waals surface area contributed by atoms with Crippen molar-refractivity contribution in [3.63, 3.8) is 0 Å². The van der Waals surface area contributed by atoms with Crippen molar-refractivity contribution >= 4 is 34.5 Å². The number of alkyl halides is 1. The topological polar surface area (TPSA) is 41.8 Å². The molecule has 0 amide bonds. The molecule has 1 aliphatic heterocycles. The summed E-state index contributed by atoms with van der Waals surface area (Å²) in [5.74, 6) is 0. The summed E-state index contributed by atoms with van der Waals surface area (Å²) in [6.45, 7) is 0. The first-order chi connectivity index (χ1) is 5.22. The molecule has 0 N–H and O–H groups in total. The Morgan fingerprint density at radius 1 is 1.82 bits per heavy atom. The number of halogens is 2. The summed E-state index contributed by atoms with van der Waals surface area (Å²) >= 11 is 11.2. The summed E-state index contributed by atoms with van der Waals surface area (Å²) in [5, 5.41) is 0.269. The molecule has 0 aromatic carbocycles. The van der Waals surface area contributed by atoms with Gasteiger partial charge in [-0.1, -0.05) is 23.2 Å². The molecule has 1 rings (SSSR count). The largest absolute Gasteiger partial charge is 0.253 e. The third-order valence-corrected chi connectivity index (χ3v) is 1.57. The fourth-order valence-electron chi connectivity index (χ4n) is 0.722. The van der Waals surface area contributed by atoms with E-state index in [0.717, 1.165) is 0 Å². The normalized spacial score (nSPS) is 23.3. The van der Waals surface area contributed by atoms with E-state index >= 15 is 0 Å². The molecule has 0 radical (unpaired) electrons. The molecule has 0 aliphatic carbocycles. The van der Waals surface area contributed by atoms with E-state index in [-0.39, 0.29) is 5.17 Å². The fourth-order valence-corrected chi connectivity index (χ4v) is 1.28. The van der Waals surface area contributed by atoms with Crippen LogP contribution in [0.4, 0.5) is 0 Å². The van der Waals surface area contributed by atoms with Crippen LogP contribution in [0.15, 0.2) is 21.8 Å². The Balaban J connectivity index is 2.83. The van der Waals surface area contributed by atoms with Crippen LogP contribution in [0.3, 0.4) is 0 Å². The van der Waals surface area contributed by atoms with E-state index in [2.05, 4.69) is 9.98 Å². The molecule has 0 spiro atoms. The number of dihydropyridines is 1. The van der Waals surface area contributed by atoms with Crippen LogP contribution in [-0.4, -0.2) is 16.8 Å². The maximum absolute atomic E-state index is 9.83. The van der Waals surface area contributed by atoms with Crippen molar-refractivity contribution in [1.29, 1.82) is 0 Å². The average Bonchev–Trinajstić information content (AvgIpc) is 1.85. The molecule has 11 heavy (non-hydrogen) atoms. The van der Waals surface area contributed by atoms with Gasteiger partial charge < -0.3 is 0 Å². The molecule has 0 fully saturated rings. The number of allylic oxidation sites excluding steroid dienone is 1. The van der Waals surface area contributed by atoms with Crippen molar-refractivity contribution in [3.8, 4) is 0 Å². The van der Waals surface area contributed by atoms with Crippen molar-refractivity contribution in [3.05, 3.63) is 11.8 Å². The van der Waals surface area contributed by atoms with E-state index in [0.29, 0.717) is 12.1 Å². The zero-order chi connectivity index (χ0) is 8.27. The minimum absolute atomic E-state index is 0.269. The average molecular weight is 191 g/mol. The van der Waals surface area contributed by atoms with Gasteiger partial charge in [-0.25, -0.2) is 4.79 Å². The predicted octanol–water partition coefficient (Wildman–Crippen LogP) is 1.81. The van der Waals surface area contributed by atoms with Gasteiger partial charge in [0.05, 0.1) is 5.70 Å². The second-order valence-electron chi connectivity index (χ2n) is 1.93. The first kappa shape index (κ1) is 8.47. The van der Waals surface area contributed by atoms with Crippen LogP contribution < -0.4 is 0 Å². The van der Waals surface area contributed by atoms with Crippen molar-refractivity contribution in [1.82, 2.24) is 0 Å². The highest BCUT2D eigenvalue weighted by atomic mass is 35.5. The Morgan fingerprint density at radius 3 is 3.09 bits per heavy atom. The maximum atomic E-state index is 9.83. The first-order valence-electron chi connectivity index (χ1n) is 2.88. The molecular weight excluding hydrogens is 187 g/mol. The second kappa shape index (κ2) is 3.67. The molecule has 5 heteroatoms. The third kappa shape index (κ3) is 2.46.